The van der Waals surface area contributed by atoms with Crippen molar-refractivity contribution in [3.8, 4) is 0 Å². The lowest BCUT2D eigenvalue weighted by Gasteiger charge is -2.18. The van der Waals surface area contributed by atoms with Crippen LogP contribution < -0.4 is 5.32 Å². The smallest absolute Gasteiger partial charge is 0.311 e. The predicted octanol–water partition coefficient (Wildman–Crippen LogP) is 4.99. The van der Waals surface area contributed by atoms with Crippen LogP contribution in [0.15, 0.2) is 10.4 Å². The summed E-state index contributed by atoms with van der Waals surface area (Å²) in [6.45, 7) is 4.42. The van der Waals surface area contributed by atoms with Crippen molar-refractivity contribution in [3.63, 3.8) is 0 Å². The molecule has 33 heavy (non-hydrogen) atoms. The number of anilines is 1. The van der Waals surface area contributed by atoms with Gasteiger partial charge in [-0.05, 0) is 50.5 Å². The van der Waals surface area contributed by atoms with Crippen molar-refractivity contribution in [2.45, 2.75) is 63.3 Å². The molecule has 0 aromatic carbocycles. The molecule has 10 heteroatoms. The molecular weight excluding hydrogens is 476 g/mol. The van der Waals surface area contributed by atoms with Crippen molar-refractivity contribution in [2.75, 3.05) is 17.7 Å². The van der Waals surface area contributed by atoms with Gasteiger partial charge in [0.25, 0.3) is 0 Å². The molecule has 0 radical (unpaired) electrons. The number of ether oxygens (including phenoxy) is 1. The Labute approximate surface area is 204 Å². The van der Waals surface area contributed by atoms with Crippen molar-refractivity contribution in [2.24, 2.45) is 5.92 Å². The summed E-state index contributed by atoms with van der Waals surface area (Å²) in [4.78, 5) is 41.0. The number of thiophene rings is 1. The second kappa shape index (κ2) is 9.68. The molecule has 0 unspecified atom stereocenters. The van der Waals surface area contributed by atoms with Gasteiger partial charge in [0.15, 0.2) is 5.13 Å². The zero-order valence-electron chi connectivity index (χ0n) is 18.7. The molecule has 1 fully saturated rings. The maximum atomic E-state index is 12.7. The summed E-state index contributed by atoms with van der Waals surface area (Å²) in [6, 6.07) is 0. The third-order valence-electron chi connectivity index (χ3n) is 5.85. The number of nitrogens with zero attached hydrogens (tertiary/aromatic N) is 3. The van der Waals surface area contributed by atoms with E-state index in [2.05, 4.69) is 17.2 Å². The Morgan fingerprint density at radius 2 is 2.09 bits per heavy atom. The molecule has 1 N–H and O–H groups in total. The van der Waals surface area contributed by atoms with E-state index in [1.165, 1.54) is 40.0 Å². The summed E-state index contributed by atoms with van der Waals surface area (Å²) < 4.78 is 4.95. The van der Waals surface area contributed by atoms with Crippen LogP contribution in [0.5, 0.6) is 0 Å². The molecule has 0 bridgehead atoms. The first-order chi connectivity index (χ1) is 16.0. The number of thioether (sulfide) groups is 1. The van der Waals surface area contributed by atoms with Crippen LogP contribution in [-0.4, -0.2) is 39.2 Å². The predicted molar refractivity (Wildman–Crippen MR) is 132 cm³/mol. The molecule has 1 saturated carbocycles. The molecule has 7 nitrogen and oxygen atoms in total. The standard InChI is InChI=1S/C23H26N4O3S3/c1-3-30-18(29)9-14-10-32-23(24-14)25-17(28)11-31-21-19-15-7-4-12(2)8-16(15)33-22(19)27-20(26-21)13-5-6-13/h10,12-13H,3-9,11H2,1-2H3,(H,24,25,28)/t12-/m0/s1. The Bertz CT molecular complexity index is 1200. The van der Waals surface area contributed by atoms with Gasteiger partial charge in [-0.25, -0.2) is 15.0 Å². The summed E-state index contributed by atoms with van der Waals surface area (Å²) in [5, 5.41) is 7.22. The number of fused-ring (bicyclic) bond motifs is 3. The molecule has 0 saturated heterocycles. The highest BCUT2D eigenvalue weighted by Crippen LogP contribution is 2.44. The van der Waals surface area contributed by atoms with E-state index >= 15 is 0 Å². The summed E-state index contributed by atoms with van der Waals surface area (Å²) in [6.07, 6.45) is 5.77. The highest BCUT2D eigenvalue weighted by atomic mass is 32.2. The Morgan fingerprint density at radius 3 is 2.88 bits per heavy atom. The number of amides is 1. The van der Waals surface area contributed by atoms with E-state index in [1.54, 1.807) is 12.3 Å². The first-order valence-corrected chi connectivity index (χ1v) is 14.0. The molecule has 1 atom stereocenters. The van der Waals surface area contributed by atoms with Crippen molar-refractivity contribution >= 4 is 61.7 Å². The minimum atomic E-state index is -0.316. The number of hydrogen-bond donors (Lipinski definition) is 1. The van der Waals surface area contributed by atoms with Crippen molar-refractivity contribution < 1.29 is 14.3 Å². The van der Waals surface area contributed by atoms with Crippen molar-refractivity contribution in [3.05, 3.63) is 27.3 Å². The lowest BCUT2D eigenvalue weighted by molar-refractivity contribution is -0.142. The van der Waals surface area contributed by atoms with Crippen LogP contribution in [0.3, 0.4) is 0 Å². The van der Waals surface area contributed by atoms with Crippen molar-refractivity contribution in [1.82, 2.24) is 15.0 Å². The number of hydrogen-bond acceptors (Lipinski definition) is 9. The van der Waals surface area contributed by atoms with E-state index in [4.69, 9.17) is 14.7 Å². The van der Waals surface area contributed by atoms with Crippen LogP contribution in [0.4, 0.5) is 5.13 Å². The number of carbonyl (C=O) groups excluding carboxylic acids is 2. The SMILES string of the molecule is CCOC(=O)Cc1csc(NC(=O)CSc2nc(C3CC3)nc3sc4c(c23)CC[C@H](C)C4)n1. The molecule has 0 aliphatic heterocycles. The average Bonchev–Trinajstić information content (AvgIpc) is 3.44. The highest BCUT2D eigenvalue weighted by molar-refractivity contribution is 8.00. The van der Waals surface area contributed by atoms with E-state index in [-0.39, 0.29) is 24.1 Å². The molecule has 3 heterocycles. The fraction of sp³-hybridized carbons (Fsp3) is 0.522. The van der Waals surface area contributed by atoms with Gasteiger partial charge in [-0.2, -0.15) is 0 Å². The normalized spacial score (nSPS) is 17.7. The number of aromatic nitrogens is 3. The van der Waals surface area contributed by atoms with Gasteiger partial charge in [0.1, 0.15) is 15.7 Å². The minimum absolute atomic E-state index is 0.111. The lowest BCUT2D eigenvalue weighted by Crippen LogP contribution is -2.14. The number of aryl methyl sites for hydroxylation is 1. The highest BCUT2D eigenvalue weighted by Gasteiger charge is 2.30. The first-order valence-electron chi connectivity index (χ1n) is 11.3. The zero-order valence-corrected chi connectivity index (χ0v) is 21.1. The summed E-state index contributed by atoms with van der Waals surface area (Å²) in [5.41, 5.74) is 1.99. The molecule has 3 aromatic rings. The third-order valence-corrected chi connectivity index (χ3v) is 8.78. The van der Waals surface area contributed by atoms with E-state index in [9.17, 15) is 9.59 Å². The number of carbonyl (C=O) groups is 2. The van der Waals surface area contributed by atoms with E-state index < -0.39 is 0 Å². The van der Waals surface area contributed by atoms with E-state index in [0.29, 0.717) is 29.3 Å². The first kappa shape index (κ1) is 22.7. The summed E-state index contributed by atoms with van der Waals surface area (Å²) >= 11 is 4.61. The summed E-state index contributed by atoms with van der Waals surface area (Å²) in [7, 11) is 0. The van der Waals surface area contributed by atoms with Crippen molar-refractivity contribution in [1.29, 1.82) is 0 Å². The van der Waals surface area contributed by atoms with Gasteiger partial charge >= 0.3 is 5.97 Å². The molecule has 3 aromatic heterocycles. The average molecular weight is 503 g/mol. The van der Waals surface area contributed by atoms with Gasteiger partial charge in [-0.15, -0.1) is 22.7 Å². The fourth-order valence-electron chi connectivity index (χ4n) is 4.05. The lowest BCUT2D eigenvalue weighted by atomic mass is 9.89. The minimum Gasteiger partial charge on any atom is -0.466 e. The van der Waals surface area contributed by atoms with Gasteiger partial charge in [-0.1, -0.05) is 18.7 Å². The molecule has 2 aliphatic rings. The van der Waals surface area contributed by atoms with E-state index in [1.807, 2.05) is 11.3 Å². The number of thiazole rings is 1. The maximum Gasteiger partial charge on any atom is 0.311 e. The van der Waals surface area contributed by atoms with Gasteiger partial charge in [-0.3, -0.25) is 9.59 Å². The zero-order chi connectivity index (χ0) is 22.9. The van der Waals surface area contributed by atoms with Gasteiger partial charge in [0.2, 0.25) is 5.91 Å². The summed E-state index contributed by atoms with van der Waals surface area (Å²) in [5.74, 6) is 1.91. The molecule has 1 amide bonds. The molecule has 2 aliphatic carbocycles. The Hall–Kier alpha value is -2.04. The monoisotopic (exact) mass is 502 g/mol. The second-order valence-corrected chi connectivity index (χ2v) is 11.6. The van der Waals surface area contributed by atoms with Crippen LogP contribution in [0.2, 0.25) is 0 Å². The van der Waals surface area contributed by atoms with Crippen LogP contribution in [0.1, 0.15) is 61.0 Å². The topological polar surface area (TPSA) is 94.1 Å². The molecule has 5 rings (SSSR count). The van der Waals surface area contributed by atoms with Gasteiger partial charge in [0.05, 0.1) is 24.5 Å². The van der Waals surface area contributed by atoms with Crippen LogP contribution >= 0.6 is 34.4 Å². The molecule has 0 spiro atoms. The second-order valence-electron chi connectivity index (χ2n) is 8.66. The van der Waals surface area contributed by atoms with Gasteiger partial charge in [0, 0.05) is 21.6 Å². The Kier molecular flexibility index (Phi) is 6.67. The van der Waals surface area contributed by atoms with Crippen LogP contribution in [-0.2, 0) is 33.6 Å². The third kappa shape index (κ3) is 5.22. The maximum absolute atomic E-state index is 12.7. The molecule has 174 valence electrons. The largest absolute Gasteiger partial charge is 0.466 e. The Morgan fingerprint density at radius 1 is 1.24 bits per heavy atom. The van der Waals surface area contributed by atoms with Gasteiger partial charge < -0.3 is 10.1 Å². The van der Waals surface area contributed by atoms with E-state index in [0.717, 1.165) is 46.8 Å². The van der Waals surface area contributed by atoms with Crippen LogP contribution in [0.25, 0.3) is 10.2 Å². The number of rotatable bonds is 8. The van der Waals surface area contributed by atoms with Crippen LogP contribution in [0, 0.1) is 5.92 Å². The number of esters is 1. The fourth-order valence-corrected chi connectivity index (χ4v) is 7.09. The quantitative estimate of drug-likeness (QED) is 0.264. The Balaban J connectivity index is 1.29. The molecular formula is C23H26N4O3S3. The number of nitrogens with one attached hydrogen (secondary N) is 1.